The van der Waals surface area contributed by atoms with Crippen molar-refractivity contribution in [3.05, 3.63) is 60.5 Å². The number of rotatable bonds is 4. The number of aromatic nitrogens is 1. The molecule has 0 aliphatic heterocycles. The van der Waals surface area contributed by atoms with Crippen LogP contribution in [0.2, 0.25) is 0 Å². The van der Waals surface area contributed by atoms with Crippen molar-refractivity contribution in [2.45, 2.75) is 6.04 Å². The molecular formula is C15H13ClN2O. The van der Waals surface area contributed by atoms with Gasteiger partial charge < -0.3 is 9.73 Å². The lowest BCUT2D eigenvalue weighted by Crippen LogP contribution is -2.13. The van der Waals surface area contributed by atoms with Crippen molar-refractivity contribution in [3.8, 4) is 0 Å². The van der Waals surface area contributed by atoms with Crippen molar-refractivity contribution in [3.63, 3.8) is 0 Å². The van der Waals surface area contributed by atoms with Crippen LogP contribution in [0, 0.1) is 0 Å². The van der Waals surface area contributed by atoms with Gasteiger partial charge >= 0.3 is 0 Å². The summed E-state index contributed by atoms with van der Waals surface area (Å²) in [5.74, 6) is 1.26. The number of benzene rings is 1. The number of nitrogens with one attached hydrogen (secondary N) is 1. The highest BCUT2D eigenvalue weighted by Crippen LogP contribution is 2.26. The molecule has 0 amide bonds. The summed E-state index contributed by atoms with van der Waals surface area (Å²) in [6, 6.07) is 13.9. The zero-order chi connectivity index (χ0) is 13.1. The molecule has 3 aromatic rings. The van der Waals surface area contributed by atoms with Gasteiger partial charge in [0, 0.05) is 12.1 Å². The molecule has 1 aromatic carbocycles. The number of nitrogens with zero attached hydrogens (tertiary/aromatic N) is 1. The molecule has 0 spiro atoms. The van der Waals surface area contributed by atoms with E-state index in [0.717, 1.165) is 22.4 Å². The molecule has 0 aliphatic carbocycles. The van der Waals surface area contributed by atoms with Gasteiger partial charge in [-0.1, -0.05) is 30.3 Å². The van der Waals surface area contributed by atoms with Crippen molar-refractivity contribution < 1.29 is 4.42 Å². The quantitative estimate of drug-likeness (QED) is 0.723. The number of halogens is 1. The zero-order valence-corrected chi connectivity index (χ0v) is 11.0. The van der Waals surface area contributed by atoms with E-state index in [9.17, 15) is 0 Å². The molecular weight excluding hydrogens is 260 g/mol. The normalized spacial score (nSPS) is 12.5. The zero-order valence-electron chi connectivity index (χ0n) is 10.2. The van der Waals surface area contributed by atoms with Gasteiger partial charge in [-0.3, -0.25) is 0 Å². The number of anilines is 1. The summed E-state index contributed by atoms with van der Waals surface area (Å²) in [4.78, 5) is 4.36. The number of hydrogen-bond donors (Lipinski definition) is 1. The Morgan fingerprint density at radius 3 is 2.79 bits per heavy atom. The maximum Gasteiger partial charge on any atom is 0.139 e. The highest BCUT2D eigenvalue weighted by molar-refractivity contribution is 6.18. The smallest absolute Gasteiger partial charge is 0.139 e. The second-order valence-electron chi connectivity index (χ2n) is 4.25. The molecule has 0 saturated carbocycles. The largest absolute Gasteiger partial charge is 0.464 e. The molecule has 0 radical (unpaired) electrons. The van der Waals surface area contributed by atoms with E-state index in [2.05, 4.69) is 22.4 Å². The maximum absolute atomic E-state index is 6.06. The molecule has 19 heavy (non-hydrogen) atoms. The van der Waals surface area contributed by atoms with E-state index in [-0.39, 0.29) is 6.04 Å². The van der Waals surface area contributed by atoms with Gasteiger partial charge in [-0.2, -0.15) is 0 Å². The summed E-state index contributed by atoms with van der Waals surface area (Å²) in [6.45, 7) is 0. The minimum Gasteiger partial charge on any atom is -0.464 e. The summed E-state index contributed by atoms with van der Waals surface area (Å²) in [5.41, 5.74) is 1.96. The molecule has 2 heterocycles. The fourth-order valence-electron chi connectivity index (χ4n) is 2.07. The Labute approximate surface area is 116 Å². The number of pyridine rings is 1. The van der Waals surface area contributed by atoms with Crippen molar-refractivity contribution in [1.29, 1.82) is 0 Å². The molecule has 0 aliphatic rings. The van der Waals surface area contributed by atoms with Crippen LogP contribution < -0.4 is 5.32 Å². The van der Waals surface area contributed by atoms with Gasteiger partial charge in [0.1, 0.15) is 11.4 Å². The van der Waals surface area contributed by atoms with E-state index in [1.54, 1.807) is 12.5 Å². The lowest BCUT2D eigenvalue weighted by Gasteiger charge is -2.17. The second-order valence-corrected chi connectivity index (χ2v) is 4.56. The van der Waals surface area contributed by atoms with Crippen LogP contribution in [0.1, 0.15) is 11.6 Å². The van der Waals surface area contributed by atoms with Gasteiger partial charge in [0.15, 0.2) is 0 Å². The third kappa shape index (κ3) is 2.42. The van der Waals surface area contributed by atoms with Crippen molar-refractivity contribution >= 4 is 28.4 Å². The predicted molar refractivity (Wildman–Crippen MR) is 77.5 cm³/mol. The molecule has 0 bridgehead atoms. The molecule has 0 fully saturated rings. The van der Waals surface area contributed by atoms with Gasteiger partial charge in [0.2, 0.25) is 0 Å². The Kier molecular flexibility index (Phi) is 3.38. The average molecular weight is 273 g/mol. The number of furan rings is 1. The molecule has 1 atom stereocenters. The molecule has 1 N–H and O–H groups in total. The van der Waals surface area contributed by atoms with Crippen LogP contribution in [0.25, 0.3) is 11.0 Å². The van der Waals surface area contributed by atoms with Crippen LogP contribution in [0.4, 0.5) is 5.82 Å². The SMILES string of the molecule is ClCC(Nc1nccc2occc12)c1ccccc1. The maximum atomic E-state index is 6.06. The topological polar surface area (TPSA) is 38.1 Å². The summed E-state index contributed by atoms with van der Waals surface area (Å²) in [5, 5.41) is 4.34. The Morgan fingerprint density at radius 1 is 1.16 bits per heavy atom. The number of hydrogen-bond acceptors (Lipinski definition) is 3. The van der Waals surface area contributed by atoms with E-state index in [0.29, 0.717) is 5.88 Å². The van der Waals surface area contributed by atoms with Crippen LogP contribution >= 0.6 is 11.6 Å². The fourth-order valence-corrected chi connectivity index (χ4v) is 2.33. The molecule has 96 valence electrons. The summed E-state index contributed by atoms with van der Waals surface area (Å²) in [7, 11) is 0. The third-order valence-electron chi connectivity index (χ3n) is 3.05. The Morgan fingerprint density at radius 2 is 2.00 bits per heavy atom. The summed E-state index contributed by atoms with van der Waals surface area (Å²) >= 11 is 6.06. The second kappa shape index (κ2) is 5.33. The van der Waals surface area contributed by atoms with Gasteiger partial charge in [0.05, 0.1) is 17.7 Å². The Bertz CT molecular complexity index is 666. The first-order valence-corrected chi connectivity index (χ1v) is 6.61. The van der Waals surface area contributed by atoms with Crippen LogP contribution in [0.5, 0.6) is 0 Å². The van der Waals surface area contributed by atoms with E-state index in [4.69, 9.17) is 16.0 Å². The molecule has 4 heteroatoms. The Hall–Kier alpha value is -2.00. The fraction of sp³-hybridized carbons (Fsp3) is 0.133. The summed E-state index contributed by atoms with van der Waals surface area (Å²) < 4.78 is 5.37. The van der Waals surface area contributed by atoms with Crippen molar-refractivity contribution in [2.24, 2.45) is 0 Å². The van der Waals surface area contributed by atoms with E-state index in [1.807, 2.05) is 30.3 Å². The lowest BCUT2D eigenvalue weighted by molar-refractivity contribution is 0.615. The first-order valence-electron chi connectivity index (χ1n) is 6.08. The number of fused-ring (bicyclic) bond motifs is 1. The van der Waals surface area contributed by atoms with E-state index < -0.39 is 0 Å². The van der Waals surface area contributed by atoms with Crippen molar-refractivity contribution in [1.82, 2.24) is 4.98 Å². The highest BCUT2D eigenvalue weighted by atomic mass is 35.5. The Balaban J connectivity index is 1.93. The van der Waals surface area contributed by atoms with Crippen LogP contribution in [-0.4, -0.2) is 10.9 Å². The molecule has 2 aromatic heterocycles. The minimum absolute atomic E-state index is 0.0240. The first kappa shape index (κ1) is 12.1. The van der Waals surface area contributed by atoms with Gasteiger partial charge in [-0.15, -0.1) is 11.6 Å². The lowest BCUT2D eigenvalue weighted by atomic mass is 10.1. The standard InChI is InChI=1S/C15H13ClN2O/c16-10-13(11-4-2-1-3-5-11)18-15-12-7-9-19-14(12)6-8-17-15/h1-9,13H,10H2,(H,17,18). The molecule has 3 rings (SSSR count). The highest BCUT2D eigenvalue weighted by Gasteiger charge is 2.12. The summed E-state index contributed by atoms with van der Waals surface area (Å²) in [6.07, 6.45) is 3.39. The molecule has 3 nitrogen and oxygen atoms in total. The van der Waals surface area contributed by atoms with Crippen LogP contribution in [0.3, 0.4) is 0 Å². The molecule has 1 unspecified atom stereocenters. The monoisotopic (exact) mass is 272 g/mol. The van der Waals surface area contributed by atoms with Gasteiger partial charge in [-0.05, 0) is 17.7 Å². The predicted octanol–water partition coefficient (Wildman–Crippen LogP) is 4.22. The van der Waals surface area contributed by atoms with Gasteiger partial charge in [-0.25, -0.2) is 4.98 Å². The van der Waals surface area contributed by atoms with Gasteiger partial charge in [0.25, 0.3) is 0 Å². The number of alkyl halides is 1. The molecule has 0 saturated heterocycles. The van der Waals surface area contributed by atoms with Crippen LogP contribution in [0.15, 0.2) is 59.3 Å². The van der Waals surface area contributed by atoms with E-state index in [1.165, 1.54) is 0 Å². The van der Waals surface area contributed by atoms with E-state index >= 15 is 0 Å². The first-order chi connectivity index (χ1) is 9.38. The van der Waals surface area contributed by atoms with Crippen molar-refractivity contribution in [2.75, 3.05) is 11.2 Å². The average Bonchev–Trinajstić information content (AvgIpc) is 2.95. The minimum atomic E-state index is 0.0240. The van der Waals surface area contributed by atoms with Crippen LogP contribution in [-0.2, 0) is 0 Å². The third-order valence-corrected chi connectivity index (χ3v) is 3.36.